The van der Waals surface area contributed by atoms with Gasteiger partial charge in [-0.3, -0.25) is 0 Å². The van der Waals surface area contributed by atoms with E-state index in [4.69, 9.17) is 11.6 Å². The maximum Gasteiger partial charge on any atom is 0.226 e. The highest BCUT2D eigenvalue weighted by Gasteiger charge is 2.71. The molecule has 162 valence electrons. The summed E-state index contributed by atoms with van der Waals surface area (Å²) in [6.07, 6.45) is 8.01. The minimum atomic E-state index is -0.976. The Morgan fingerprint density at radius 3 is 2.43 bits per heavy atom. The molecule has 0 amide bonds. The molecule has 4 aliphatic carbocycles. The molecule has 0 unspecified atom stereocenters. The van der Waals surface area contributed by atoms with Gasteiger partial charge in [0.2, 0.25) is 5.28 Å². The van der Waals surface area contributed by atoms with Crippen LogP contribution in [0.2, 0.25) is 5.28 Å². The van der Waals surface area contributed by atoms with E-state index in [1.165, 1.54) is 38.5 Å². The summed E-state index contributed by atoms with van der Waals surface area (Å²) in [6.45, 7) is -0.133. The fourth-order valence-corrected chi connectivity index (χ4v) is 6.30. The minimum absolute atomic E-state index is 0.00671. The van der Waals surface area contributed by atoms with Crippen LogP contribution < -0.4 is 5.32 Å². The number of imidazole rings is 1. The van der Waals surface area contributed by atoms with Crippen molar-refractivity contribution >= 4 is 28.6 Å². The fraction of sp³-hybridized carbons (Fsp3) is 0.762. The molecule has 0 spiro atoms. The minimum Gasteiger partial charge on any atom is -0.396 e. The molecule has 0 aromatic carbocycles. The second-order valence-corrected chi connectivity index (χ2v) is 10.2. The SMILES string of the molecule is OC[C@@]12C[C@@H]1[C@@H](n1cnc3c(NC(C4CCC4)C4CCC4)nc(Cl)nc31)[C@H](O)[C@@H]2O. The van der Waals surface area contributed by atoms with Crippen molar-refractivity contribution < 1.29 is 15.3 Å². The van der Waals surface area contributed by atoms with Gasteiger partial charge in [0.1, 0.15) is 6.10 Å². The van der Waals surface area contributed by atoms with Crippen LogP contribution in [-0.2, 0) is 0 Å². The van der Waals surface area contributed by atoms with Crippen molar-refractivity contribution in [3.8, 4) is 0 Å². The molecule has 8 nitrogen and oxygen atoms in total. The molecule has 5 atom stereocenters. The van der Waals surface area contributed by atoms with Gasteiger partial charge < -0.3 is 25.2 Å². The molecule has 30 heavy (non-hydrogen) atoms. The molecule has 0 saturated heterocycles. The van der Waals surface area contributed by atoms with Crippen molar-refractivity contribution in [1.82, 2.24) is 19.5 Å². The molecule has 4 fully saturated rings. The molecule has 4 saturated carbocycles. The maximum atomic E-state index is 10.7. The highest BCUT2D eigenvalue weighted by molar-refractivity contribution is 6.28. The number of nitrogens with zero attached hydrogens (tertiary/aromatic N) is 4. The predicted molar refractivity (Wildman–Crippen MR) is 111 cm³/mol. The highest BCUT2D eigenvalue weighted by Crippen LogP contribution is 2.67. The number of aromatic nitrogens is 4. The standard InChI is InChI=1S/C21H28ClN5O3/c22-20-25-18(24-13(10-3-1-4-10)11-5-2-6-11)14-19(26-20)27(9-23-14)15-12-7-21(12,8-28)17(30)16(15)29/h9-13,15-17,28-30H,1-8H2,(H,24,25,26)/t12-,15-,16+,17+,21+/m1/s1. The van der Waals surface area contributed by atoms with Crippen LogP contribution in [0.3, 0.4) is 0 Å². The van der Waals surface area contributed by atoms with Gasteiger partial charge in [0, 0.05) is 11.5 Å². The summed E-state index contributed by atoms with van der Waals surface area (Å²) in [5.74, 6) is 1.99. The van der Waals surface area contributed by atoms with Crippen LogP contribution in [0.4, 0.5) is 5.82 Å². The normalized spacial score (nSPS) is 36.0. The summed E-state index contributed by atoms with van der Waals surface area (Å²) in [5, 5.41) is 34.8. The third-order valence-electron chi connectivity index (χ3n) is 8.48. The number of hydrogen-bond donors (Lipinski definition) is 4. The lowest BCUT2D eigenvalue weighted by atomic mass is 9.68. The number of rotatable bonds is 6. The summed E-state index contributed by atoms with van der Waals surface area (Å²) in [4.78, 5) is 13.5. The Morgan fingerprint density at radius 2 is 1.87 bits per heavy atom. The average Bonchev–Trinajstić information content (AvgIpc) is 3.16. The van der Waals surface area contributed by atoms with Gasteiger partial charge in [-0.1, -0.05) is 12.8 Å². The van der Waals surface area contributed by atoms with E-state index in [0.717, 1.165) is 0 Å². The maximum absolute atomic E-state index is 10.7. The molecule has 2 aromatic heterocycles. The van der Waals surface area contributed by atoms with Crippen molar-refractivity contribution in [2.75, 3.05) is 11.9 Å². The van der Waals surface area contributed by atoms with Crippen LogP contribution in [0.5, 0.6) is 0 Å². The van der Waals surface area contributed by atoms with E-state index >= 15 is 0 Å². The Kier molecular flexibility index (Phi) is 4.33. The number of hydrogen-bond acceptors (Lipinski definition) is 7. The van der Waals surface area contributed by atoms with Crippen molar-refractivity contribution in [2.24, 2.45) is 23.2 Å². The van der Waals surface area contributed by atoms with Crippen LogP contribution >= 0.6 is 11.6 Å². The molecule has 9 heteroatoms. The van der Waals surface area contributed by atoms with E-state index < -0.39 is 17.6 Å². The van der Waals surface area contributed by atoms with Gasteiger partial charge in [0.25, 0.3) is 0 Å². The van der Waals surface area contributed by atoms with Crippen molar-refractivity contribution in [3.63, 3.8) is 0 Å². The monoisotopic (exact) mass is 433 g/mol. The van der Waals surface area contributed by atoms with E-state index in [2.05, 4.69) is 20.3 Å². The molecular weight excluding hydrogens is 406 g/mol. The van der Waals surface area contributed by atoms with Gasteiger partial charge in [-0.15, -0.1) is 0 Å². The third-order valence-corrected chi connectivity index (χ3v) is 8.65. The Morgan fingerprint density at radius 1 is 1.17 bits per heavy atom. The van der Waals surface area contributed by atoms with Crippen molar-refractivity contribution in [3.05, 3.63) is 11.6 Å². The van der Waals surface area contributed by atoms with Crippen molar-refractivity contribution in [1.29, 1.82) is 0 Å². The summed E-state index contributed by atoms with van der Waals surface area (Å²) in [5.41, 5.74) is 0.597. The van der Waals surface area contributed by atoms with Gasteiger partial charge in [0.05, 0.1) is 25.1 Å². The summed E-state index contributed by atoms with van der Waals surface area (Å²) in [7, 11) is 0. The van der Waals surface area contributed by atoms with E-state index in [0.29, 0.717) is 41.3 Å². The van der Waals surface area contributed by atoms with Gasteiger partial charge in [-0.25, -0.2) is 4.98 Å². The van der Waals surface area contributed by atoms with Gasteiger partial charge in [-0.05, 0) is 61.5 Å². The lowest BCUT2D eigenvalue weighted by molar-refractivity contribution is -0.0300. The number of fused-ring (bicyclic) bond motifs is 2. The molecule has 0 bridgehead atoms. The van der Waals surface area contributed by atoms with Crippen molar-refractivity contribution in [2.45, 2.75) is 69.2 Å². The van der Waals surface area contributed by atoms with Crippen LogP contribution in [0.25, 0.3) is 11.2 Å². The quantitative estimate of drug-likeness (QED) is 0.515. The summed E-state index contributed by atoms with van der Waals surface area (Å²) in [6, 6.07) is 0.00112. The molecule has 4 aliphatic rings. The molecule has 2 heterocycles. The fourth-order valence-electron chi connectivity index (χ4n) is 6.14. The van der Waals surface area contributed by atoms with E-state index in [1.54, 1.807) is 6.33 Å². The van der Waals surface area contributed by atoms with Crippen LogP contribution in [0.1, 0.15) is 51.0 Å². The average molecular weight is 434 g/mol. The topological polar surface area (TPSA) is 116 Å². The Labute approximate surface area is 179 Å². The first kappa shape index (κ1) is 19.2. The second kappa shape index (κ2) is 6.76. The Bertz CT molecular complexity index is 963. The predicted octanol–water partition coefficient (Wildman–Crippen LogP) is 2.14. The first-order valence-corrected chi connectivity index (χ1v) is 11.5. The second-order valence-electron chi connectivity index (χ2n) is 9.85. The number of halogens is 1. The molecule has 4 N–H and O–H groups in total. The number of anilines is 1. The van der Waals surface area contributed by atoms with E-state index in [1.807, 2.05) is 4.57 Å². The van der Waals surface area contributed by atoms with Gasteiger partial charge >= 0.3 is 0 Å². The zero-order valence-corrected chi connectivity index (χ0v) is 17.5. The molecule has 6 rings (SSSR count). The number of aliphatic hydroxyl groups is 3. The smallest absolute Gasteiger partial charge is 0.226 e. The molecular formula is C21H28ClN5O3. The zero-order valence-electron chi connectivity index (χ0n) is 16.8. The van der Waals surface area contributed by atoms with Crippen LogP contribution in [0, 0.1) is 23.2 Å². The zero-order chi connectivity index (χ0) is 20.6. The Balaban J connectivity index is 1.36. The lowest BCUT2D eigenvalue weighted by Crippen LogP contribution is -2.42. The highest BCUT2D eigenvalue weighted by atomic mass is 35.5. The lowest BCUT2D eigenvalue weighted by Gasteiger charge is -2.43. The summed E-state index contributed by atoms with van der Waals surface area (Å²) < 4.78 is 1.82. The largest absolute Gasteiger partial charge is 0.396 e. The van der Waals surface area contributed by atoms with Gasteiger partial charge in [-0.2, -0.15) is 9.97 Å². The van der Waals surface area contributed by atoms with Gasteiger partial charge in [0.15, 0.2) is 17.0 Å². The van der Waals surface area contributed by atoms with E-state index in [9.17, 15) is 15.3 Å². The third kappa shape index (κ3) is 2.60. The number of nitrogens with one attached hydrogen (secondary N) is 1. The summed E-state index contributed by atoms with van der Waals surface area (Å²) >= 11 is 6.31. The van der Waals surface area contributed by atoms with E-state index in [-0.39, 0.29) is 23.9 Å². The molecule has 0 aliphatic heterocycles. The first-order chi connectivity index (χ1) is 14.5. The Hall–Kier alpha value is -1.48. The molecule has 0 radical (unpaired) electrons. The van der Waals surface area contributed by atoms with Crippen LogP contribution in [-0.4, -0.2) is 59.7 Å². The van der Waals surface area contributed by atoms with Crippen LogP contribution in [0.15, 0.2) is 6.33 Å². The molecule has 2 aromatic rings. The first-order valence-electron chi connectivity index (χ1n) is 11.2. The number of aliphatic hydroxyl groups excluding tert-OH is 3.